The molecule has 4 N–H and O–H groups in total. The summed E-state index contributed by atoms with van der Waals surface area (Å²) in [5.74, 6) is -0.489. The van der Waals surface area contributed by atoms with Crippen LogP contribution in [0.25, 0.3) is 0 Å². The van der Waals surface area contributed by atoms with Crippen molar-refractivity contribution in [2.45, 2.75) is 24.8 Å². The molecular formula is C20H20N4O5S. The fraction of sp³-hybridized carbons (Fsp3) is 0.150. The van der Waals surface area contributed by atoms with E-state index in [0.29, 0.717) is 0 Å². The van der Waals surface area contributed by atoms with Crippen LogP contribution in [0.3, 0.4) is 0 Å². The van der Waals surface area contributed by atoms with Crippen LogP contribution in [0.1, 0.15) is 34.6 Å². The number of anilines is 1. The minimum Gasteiger partial charge on any atom is -0.345 e. The van der Waals surface area contributed by atoms with Gasteiger partial charge in [-0.05, 0) is 31.5 Å². The third-order valence-electron chi connectivity index (χ3n) is 4.41. The van der Waals surface area contributed by atoms with Gasteiger partial charge in [0.25, 0.3) is 21.5 Å². The highest BCUT2D eigenvalue weighted by atomic mass is 32.2. The maximum absolute atomic E-state index is 12.8. The predicted octanol–water partition coefficient (Wildman–Crippen LogP) is 1.66. The molecule has 3 aromatic rings. The number of H-pyrrole nitrogens is 2. The number of rotatable bonds is 6. The Morgan fingerprint density at radius 3 is 2.27 bits per heavy atom. The zero-order valence-corrected chi connectivity index (χ0v) is 17.0. The Morgan fingerprint density at radius 1 is 0.967 bits per heavy atom. The predicted molar refractivity (Wildman–Crippen MR) is 112 cm³/mol. The minimum atomic E-state index is -4.37. The molecule has 0 saturated heterocycles. The Balaban J connectivity index is 1.91. The van der Waals surface area contributed by atoms with E-state index < -0.39 is 32.1 Å². The van der Waals surface area contributed by atoms with Gasteiger partial charge in [-0.1, -0.05) is 42.5 Å². The molecule has 0 aliphatic rings. The largest absolute Gasteiger partial charge is 0.345 e. The molecule has 0 saturated carbocycles. The van der Waals surface area contributed by atoms with Gasteiger partial charge in [0.05, 0.1) is 17.3 Å². The average molecular weight is 428 g/mol. The van der Waals surface area contributed by atoms with Gasteiger partial charge in [0.15, 0.2) is 4.90 Å². The highest BCUT2D eigenvalue weighted by molar-refractivity contribution is 7.92. The number of sulfonamides is 1. The van der Waals surface area contributed by atoms with Crippen molar-refractivity contribution in [2.75, 3.05) is 4.72 Å². The maximum Gasteiger partial charge on any atom is 0.325 e. The van der Waals surface area contributed by atoms with E-state index in [-0.39, 0.29) is 23.0 Å². The Kier molecular flexibility index (Phi) is 5.88. The number of hydrogen-bond acceptors (Lipinski definition) is 5. The van der Waals surface area contributed by atoms with Gasteiger partial charge in [-0.25, -0.2) is 13.2 Å². The lowest BCUT2D eigenvalue weighted by molar-refractivity contribution is 0.0941. The van der Waals surface area contributed by atoms with Crippen molar-refractivity contribution in [2.24, 2.45) is 0 Å². The molecule has 9 nitrogen and oxygen atoms in total. The Morgan fingerprint density at radius 2 is 1.60 bits per heavy atom. The van der Waals surface area contributed by atoms with Gasteiger partial charge in [-0.2, -0.15) is 0 Å². The summed E-state index contributed by atoms with van der Waals surface area (Å²) >= 11 is 0. The Bertz CT molecular complexity index is 1300. The standard InChI is InChI=1S/C20H20N4O5S/c1-12(14-8-4-3-5-9-14)21-18(25)15-10-6-7-11-16(15)24-30(28,29)17-13(2)22-20(27)23-19(17)26/h3-12,24H,1-2H3,(H,21,25)(H2,22,23,26,27)/t12-/m1/s1. The molecule has 0 aliphatic heterocycles. The van der Waals surface area contributed by atoms with E-state index >= 15 is 0 Å². The van der Waals surface area contributed by atoms with Gasteiger partial charge >= 0.3 is 5.69 Å². The first-order chi connectivity index (χ1) is 14.2. The van der Waals surface area contributed by atoms with Crippen molar-refractivity contribution in [3.05, 3.63) is 92.3 Å². The van der Waals surface area contributed by atoms with Crippen molar-refractivity contribution in [1.29, 1.82) is 0 Å². The van der Waals surface area contributed by atoms with Gasteiger partial charge in [0, 0.05) is 5.69 Å². The van der Waals surface area contributed by atoms with Crippen molar-refractivity contribution >= 4 is 21.6 Å². The molecule has 0 radical (unpaired) electrons. The quantitative estimate of drug-likeness (QED) is 0.473. The fourth-order valence-electron chi connectivity index (χ4n) is 2.98. The molecule has 1 atom stereocenters. The highest BCUT2D eigenvalue weighted by Gasteiger charge is 2.24. The Labute approximate surface area is 172 Å². The van der Waals surface area contributed by atoms with Gasteiger partial charge in [-0.15, -0.1) is 0 Å². The zero-order valence-electron chi connectivity index (χ0n) is 16.2. The first kappa shape index (κ1) is 21.1. The van der Waals surface area contributed by atoms with Crippen LogP contribution in [0.15, 0.2) is 69.1 Å². The molecular weight excluding hydrogens is 408 g/mol. The van der Waals surface area contributed by atoms with Crippen molar-refractivity contribution in [3.63, 3.8) is 0 Å². The number of para-hydroxylation sites is 1. The second-order valence-electron chi connectivity index (χ2n) is 6.62. The summed E-state index contributed by atoms with van der Waals surface area (Å²) in [4.78, 5) is 39.7. The molecule has 30 heavy (non-hydrogen) atoms. The number of aryl methyl sites for hydroxylation is 1. The van der Waals surface area contributed by atoms with Gasteiger partial charge < -0.3 is 10.3 Å². The van der Waals surface area contributed by atoms with E-state index in [2.05, 4.69) is 15.0 Å². The van der Waals surface area contributed by atoms with E-state index in [4.69, 9.17) is 0 Å². The Hall–Kier alpha value is -3.66. The number of aromatic nitrogens is 2. The third-order valence-corrected chi connectivity index (χ3v) is 5.92. The van der Waals surface area contributed by atoms with Crippen LogP contribution in [0.2, 0.25) is 0 Å². The molecule has 156 valence electrons. The average Bonchev–Trinajstić information content (AvgIpc) is 2.67. The summed E-state index contributed by atoms with van der Waals surface area (Å²) in [5, 5.41) is 2.82. The monoisotopic (exact) mass is 428 g/mol. The first-order valence-electron chi connectivity index (χ1n) is 9.00. The fourth-order valence-corrected chi connectivity index (χ4v) is 4.30. The van der Waals surface area contributed by atoms with E-state index in [1.165, 1.54) is 19.1 Å². The minimum absolute atomic E-state index is 0.000242. The number of benzene rings is 2. The van der Waals surface area contributed by atoms with Crippen LogP contribution in [-0.4, -0.2) is 24.3 Å². The number of carbonyl (C=O) groups is 1. The van der Waals surface area contributed by atoms with E-state index in [0.717, 1.165) is 5.56 Å². The molecule has 10 heteroatoms. The van der Waals surface area contributed by atoms with Crippen LogP contribution in [0.4, 0.5) is 5.69 Å². The molecule has 0 fully saturated rings. The van der Waals surface area contributed by atoms with Gasteiger partial charge in [0.2, 0.25) is 0 Å². The summed E-state index contributed by atoms with van der Waals surface area (Å²) in [6, 6.07) is 15.0. The summed E-state index contributed by atoms with van der Waals surface area (Å²) in [6.45, 7) is 3.11. The normalized spacial score (nSPS) is 12.2. The van der Waals surface area contributed by atoms with Crippen molar-refractivity contribution in [3.8, 4) is 0 Å². The summed E-state index contributed by atoms with van der Waals surface area (Å²) in [5.41, 5.74) is -1.01. The molecule has 1 heterocycles. The molecule has 1 aromatic heterocycles. The van der Waals surface area contributed by atoms with Crippen molar-refractivity contribution in [1.82, 2.24) is 15.3 Å². The van der Waals surface area contributed by atoms with Gasteiger partial charge in [0.1, 0.15) is 0 Å². The maximum atomic E-state index is 12.8. The SMILES string of the molecule is Cc1[nH]c(=O)[nH]c(=O)c1S(=O)(=O)Nc1ccccc1C(=O)N[C@H](C)c1ccccc1. The summed E-state index contributed by atoms with van der Waals surface area (Å²) < 4.78 is 27.8. The molecule has 2 aromatic carbocycles. The lowest BCUT2D eigenvalue weighted by atomic mass is 10.1. The molecule has 0 spiro atoms. The second-order valence-corrected chi connectivity index (χ2v) is 8.24. The summed E-state index contributed by atoms with van der Waals surface area (Å²) in [6.07, 6.45) is 0. The second kappa shape index (κ2) is 8.37. The number of nitrogens with one attached hydrogen (secondary N) is 4. The molecule has 0 unspecified atom stereocenters. The highest BCUT2D eigenvalue weighted by Crippen LogP contribution is 2.21. The number of hydrogen-bond donors (Lipinski definition) is 4. The topological polar surface area (TPSA) is 141 Å². The lowest BCUT2D eigenvalue weighted by Gasteiger charge is -2.17. The molecule has 0 aliphatic carbocycles. The van der Waals surface area contributed by atoms with E-state index in [9.17, 15) is 22.8 Å². The zero-order chi connectivity index (χ0) is 21.9. The number of aromatic amines is 2. The van der Waals surface area contributed by atoms with Crippen LogP contribution >= 0.6 is 0 Å². The van der Waals surface area contributed by atoms with Crippen LogP contribution < -0.4 is 21.3 Å². The lowest BCUT2D eigenvalue weighted by Crippen LogP contribution is -2.32. The summed E-state index contributed by atoms with van der Waals surface area (Å²) in [7, 11) is -4.37. The van der Waals surface area contributed by atoms with E-state index in [1.807, 2.05) is 42.2 Å². The first-order valence-corrected chi connectivity index (χ1v) is 10.5. The molecule has 3 rings (SSSR count). The van der Waals surface area contributed by atoms with Crippen LogP contribution in [0, 0.1) is 6.92 Å². The van der Waals surface area contributed by atoms with Crippen LogP contribution in [0.5, 0.6) is 0 Å². The number of carbonyl (C=O) groups excluding carboxylic acids is 1. The van der Waals surface area contributed by atoms with Gasteiger partial charge in [-0.3, -0.25) is 19.3 Å². The van der Waals surface area contributed by atoms with E-state index in [1.54, 1.807) is 12.1 Å². The third kappa shape index (κ3) is 4.49. The smallest absolute Gasteiger partial charge is 0.325 e. The van der Waals surface area contributed by atoms with Crippen molar-refractivity contribution < 1.29 is 13.2 Å². The van der Waals surface area contributed by atoms with Crippen LogP contribution in [-0.2, 0) is 10.0 Å². The molecule has 1 amide bonds. The molecule has 0 bridgehead atoms. The number of amides is 1.